The Balaban J connectivity index is 0.00000148. The molecule has 0 saturated heterocycles. The predicted molar refractivity (Wildman–Crippen MR) is 426 cm³/mol. The average Bonchev–Trinajstić information content (AvgIpc) is 0.806. The van der Waals surface area contributed by atoms with Crippen LogP contribution in [0.2, 0.25) is 0 Å². The summed E-state index contributed by atoms with van der Waals surface area (Å²) in [6.07, 6.45) is 1.90. The number of nitro benzene ring substituents is 8. The van der Waals surface area contributed by atoms with Crippen LogP contribution >= 0.6 is 66.7 Å². The summed E-state index contributed by atoms with van der Waals surface area (Å²) < 4.78 is 2.17. The standard InChI is InChI=1S/C25H35Cl3N4O4.C18H22N3O4.C17H18N3O5.C14H10Br2N2O4.2BrH.3HI/c1-4-12-31(2,13-9-26)18-22-7-5-20(16-24(22)29(33)34)21-6-8-23(25(17-21)30(35)36)19-32(3,14-10-27)15-11-28;1-5-13-6-7-14(10-17(13)19(22)23)15-8-9-16(12-21(2,3)4)18(11-15)20(24)25;1-20(2,3)10-14-6-4-12(8-16(14)18(22)23)13-5-7-15(11-21)17(9-13)19(24)25;15-7-11-3-1-9(5-13(11)17(19)20)10-2-4-12(8-16)14(6-10)18(21)22;;;;;/h5-8,16-17H,4,9-15,18-19H2,1-3H3;6-11H,5,12H2,1-4H3;4-9,11H,10H2,1-3H3;1-6H,7-8H2;5*1H/q+2;2*+1;;;;;;/p-5. The lowest BCUT2D eigenvalue weighted by molar-refractivity contribution is -0.920. The summed E-state index contributed by atoms with van der Waals surface area (Å²) in [5.41, 5.74) is 8.17. The molecule has 113 heavy (non-hydrogen) atoms. The topological polar surface area (TPSA) is 362 Å². The van der Waals surface area contributed by atoms with Crippen LogP contribution in [0.4, 0.5) is 45.5 Å². The van der Waals surface area contributed by atoms with E-state index in [1.807, 2.05) is 63.3 Å². The van der Waals surface area contributed by atoms with Crippen LogP contribution in [0.25, 0.3) is 44.5 Å². The first-order chi connectivity index (χ1) is 50.7. The summed E-state index contributed by atoms with van der Waals surface area (Å²) >= 11 is 24.4. The third-order valence-electron chi connectivity index (χ3n) is 17.4. The lowest BCUT2D eigenvalue weighted by atomic mass is 9.99. The summed E-state index contributed by atoms with van der Waals surface area (Å²) in [7, 11) is 15.7. The minimum absolute atomic E-state index is 0. The molecular weight excluding hydrogens is 2140 g/mol. The van der Waals surface area contributed by atoms with Gasteiger partial charge in [0.2, 0.25) is 0 Å². The van der Waals surface area contributed by atoms with Gasteiger partial charge in [0.1, 0.15) is 26.2 Å². The molecule has 0 spiro atoms. The summed E-state index contributed by atoms with van der Waals surface area (Å²) in [5.74, 6) is 1.29. The molecule has 1 unspecified atom stereocenters. The Kier molecular flexibility index (Phi) is 46.0. The van der Waals surface area contributed by atoms with Crippen LogP contribution in [0.15, 0.2) is 146 Å². The highest BCUT2D eigenvalue weighted by Gasteiger charge is 2.31. The smallest absolute Gasteiger partial charge is 0.280 e. The number of nitro groups is 8. The molecule has 0 aliphatic carbocycles. The van der Waals surface area contributed by atoms with Crippen LogP contribution in [0.1, 0.15) is 69.6 Å². The van der Waals surface area contributed by atoms with E-state index < -0.39 is 34.5 Å². The van der Waals surface area contributed by atoms with Gasteiger partial charge in [0.15, 0.2) is 6.29 Å². The molecule has 1 atom stereocenters. The molecule has 0 saturated carbocycles. The van der Waals surface area contributed by atoms with E-state index in [0.29, 0.717) is 188 Å². The number of alkyl halides is 5. The fourth-order valence-corrected chi connectivity index (χ4v) is 14.1. The van der Waals surface area contributed by atoms with Crippen molar-refractivity contribution in [2.45, 2.75) is 63.5 Å². The van der Waals surface area contributed by atoms with Gasteiger partial charge in [-0.3, -0.25) is 85.7 Å². The van der Waals surface area contributed by atoms with Crippen molar-refractivity contribution in [1.82, 2.24) is 0 Å². The zero-order valence-electron chi connectivity index (χ0n) is 63.1. The second-order valence-electron chi connectivity index (χ2n) is 27.9. The first-order valence-corrected chi connectivity index (χ1v) is 37.3. The van der Waals surface area contributed by atoms with Crippen molar-refractivity contribution in [3.63, 3.8) is 0 Å². The van der Waals surface area contributed by atoms with Crippen LogP contribution in [0, 0.1) is 80.9 Å². The van der Waals surface area contributed by atoms with Crippen LogP contribution in [-0.4, -0.2) is 164 Å². The molecule has 0 amide bonds. The molecule has 0 aliphatic rings. The van der Waals surface area contributed by atoms with Crippen molar-refractivity contribution >= 4 is 118 Å². The Morgan fingerprint density at radius 3 is 0.735 bits per heavy atom. The van der Waals surface area contributed by atoms with Gasteiger partial charge >= 0.3 is 0 Å². The summed E-state index contributed by atoms with van der Waals surface area (Å²) in [4.78, 5) is 98.6. The highest BCUT2D eigenvalue weighted by molar-refractivity contribution is 9.08. The quantitative estimate of drug-likeness (QED) is 0.0146. The molecule has 614 valence electrons. The van der Waals surface area contributed by atoms with Gasteiger partial charge in [0.05, 0.1) is 167 Å². The highest BCUT2D eigenvalue weighted by atomic mass is 127. The largest absolute Gasteiger partial charge is 1.00 e. The fourth-order valence-electron chi connectivity index (χ4n) is 12.0. The molecule has 0 N–H and O–H groups in total. The van der Waals surface area contributed by atoms with Gasteiger partial charge in [-0.05, 0) is 87.7 Å². The molecule has 39 heteroatoms. The number of aldehydes is 1. The zero-order valence-corrected chi connectivity index (χ0v) is 78.2. The highest BCUT2D eigenvalue weighted by Crippen LogP contribution is 2.38. The Labute approximate surface area is 758 Å². The van der Waals surface area contributed by atoms with E-state index in [2.05, 4.69) is 38.8 Å². The molecule has 29 nitrogen and oxygen atoms in total. The van der Waals surface area contributed by atoms with E-state index in [-0.39, 0.29) is 162 Å². The van der Waals surface area contributed by atoms with Crippen molar-refractivity contribution in [2.24, 2.45) is 0 Å². The van der Waals surface area contributed by atoms with Gasteiger partial charge in [-0.2, -0.15) is 0 Å². The lowest BCUT2D eigenvalue weighted by Gasteiger charge is -2.33. The molecule has 0 heterocycles. The molecule has 0 aromatic heterocycles. The van der Waals surface area contributed by atoms with Crippen LogP contribution < -0.4 is 106 Å². The summed E-state index contributed by atoms with van der Waals surface area (Å²) in [6, 6.07) is 38.5. The minimum Gasteiger partial charge on any atom is -1.00 e. The summed E-state index contributed by atoms with van der Waals surface area (Å²) in [5, 5.41) is 92.1. The Hall–Kier alpha value is -6.55. The first-order valence-electron chi connectivity index (χ1n) is 33.5. The number of hydrogen-bond acceptors (Lipinski definition) is 17. The van der Waals surface area contributed by atoms with Crippen molar-refractivity contribution in [2.75, 3.05) is 100 Å². The third-order valence-corrected chi connectivity index (χ3v) is 19.1. The predicted octanol–water partition coefficient (Wildman–Crippen LogP) is 3.30. The zero-order chi connectivity index (χ0) is 80.8. The van der Waals surface area contributed by atoms with E-state index in [0.717, 1.165) is 13.0 Å². The van der Waals surface area contributed by atoms with Crippen molar-refractivity contribution in [1.29, 1.82) is 0 Å². The Morgan fingerprint density at radius 1 is 0.319 bits per heavy atom. The van der Waals surface area contributed by atoms with Crippen molar-refractivity contribution in [3.8, 4) is 44.5 Å². The summed E-state index contributed by atoms with van der Waals surface area (Å²) in [6.45, 7) is 8.61. The number of benzene rings is 8. The molecule has 8 rings (SSSR count). The van der Waals surface area contributed by atoms with Gasteiger partial charge in [0, 0.05) is 75.9 Å². The third kappa shape index (κ3) is 31.4. The van der Waals surface area contributed by atoms with E-state index in [4.69, 9.17) is 34.8 Å². The maximum absolute atomic E-state index is 12.0. The number of halogens is 10. The monoisotopic (exact) mass is 2210 g/mol. The number of aryl methyl sites for hydroxylation is 1. The van der Waals surface area contributed by atoms with Crippen molar-refractivity contribution < 1.29 is 168 Å². The Morgan fingerprint density at radius 2 is 0.522 bits per heavy atom. The number of quaternary nitrogens is 4. The molecule has 0 bridgehead atoms. The first kappa shape index (κ1) is 106. The number of rotatable bonds is 32. The fraction of sp³-hybridized carbons (Fsp3) is 0.338. The van der Waals surface area contributed by atoms with Crippen molar-refractivity contribution in [3.05, 3.63) is 271 Å². The molecule has 8 aromatic rings. The number of hydrogen-bond donors (Lipinski definition) is 0. The molecule has 0 fully saturated rings. The Bertz CT molecular complexity index is 4530. The molecule has 0 radical (unpaired) electrons. The lowest BCUT2D eigenvalue weighted by Crippen LogP contribution is -3.00. The molecular formula is C74H85Br4Cl3I3N12O17-. The van der Waals surface area contributed by atoms with E-state index >= 15 is 0 Å². The van der Waals surface area contributed by atoms with Crippen LogP contribution in [0.5, 0.6) is 0 Å². The maximum Gasteiger partial charge on any atom is 0.280 e. The van der Waals surface area contributed by atoms with Gasteiger partial charge in [-0.15, -0.1) is 34.8 Å². The second-order valence-corrected chi connectivity index (χ2v) is 30.1. The number of carbonyl (C=O) groups is 1. The maximum atomic E-state index is 12.0. The molecule has 0 aliphatic heterocycles. The van der Waals surface area contributed by atoms with Gasteiger partial charge < -0.3 is 124 Å². The van der Waals surface area contributed by atoms with E-state index in [9.17, 15) is 85.7 Å². The second kappa shape index (κ2) is 48.9. The number of nitrogens with zero attached hydrogens (tertiary/aromatic N) is 12. The van der Waals surface area contributed by atoms with Crippen LogP contribution in [-0.2, 0) is 43.3 Å². The van der Waals surface area contributed by atoms with E-state index in [1.165, 1.54) is 60.7 Å². The van der Waals surface area contributed by atoms with Crippen LogP contribution in [0.3, 0.4) is 0 Å². The minimum atomic E-state index is -0.646. The number of carbonyl (C=O) groups excluding carboxylic acids is 1. The van der Waals surface area contributed by atoms with Gasteiger partial charge in [-0.1, -0.05) is 112 Å². The van der Waals surface area contributed by atoms with Gasteiger partial charge in [0.25, 0.3) is 45.5 Å². The average molecular weight is 2220 g/mol. The SMILES string of the molecule is CCC[N+](C)(CCCl)Cc1ccc(-c2ccc(C[N+](C)(CCCl)CCCl)c([N+](=O)[O-])c2)cc1[N+](=O)[O-].CCc1ccc(-c2ccc(C[N+](C)(C)C)c([N+](=O)[O-])c2)cc1[N+](=O)[O-].C[N+](C)(C)Cc1ccc(-c2ccc(C=O)c([N+](=O)[O-])c2)cc1[N+](=O)[O-].O=[N+]([O-])c1cc(-c2ccc(CBr)c([N+](=O)[O-])c2)ccc1CBr.[Br-].[Br-].[I-].[I-].[I-]. The molecule has 8 aromatic carbocycles. The van der Waals surface area contributed by atoms with E-state index in [1.54, 1.807) is 84.9 Å². The normalized spacial score (nSPS) is 11.3. The van der Waals surface area contributed by atoms with Gasteiger partial charge in [-0.25, -0.2) is 0 Å².